The molecule has 3 heterocycles. The van der Waals surface area contributed by atoms with Gasteiger partial charge in [0.25, 0.3) is 5.91 Å². The Morgan fingerprint density at radius 1 is 0.925 bits per heavy atom. The number of hydrogen-bond donors (Lipinski definition) is 3. The van der Waals surface area contributed by atoms with Gasteiger partial charge in [0.1, 0.15) is 10.7 Å². The molecule has 0 aliphatic carbocycles. The Morgan fingerprint density at radius 3 is 2.50 bits per heavy atom. The van der Waals surface area contributed by atoms with Crippen molar-refractivity contribution in [3.8, 4) is 0 Å². The number of thiazole rings is 1. The molecular weight excluding hydrogens is 544 g/mol. The van der Waals surface area contributed by atoms with E-state index in [-0.39, 0.29) is 5.91 Å². The highest BCUT2D eigenvalue weighted by molar-refractivity contribution is 7.17. The first kappa shape index (κ1) is 25.7. The number of fused-ring (bicyclic) bond motifs is 3. The van der Waals surface area contributed by atoms with Crippen molar-refractivity contribution in [1.82, 2.24) is 24.5 Å². The lowest BCUT2D eigenvalue weighted by Crippen LogP contribution is -2.11. The van der Waals surface area contributed by atoms with Crippen LogP contribution in [0.2, 0.25) is 5.02 Å². The monoisotopic (exact) mass is 568 g/mol. The Balaban J connectivity index is 1.22. The summed E-state index contributed by atoms with van der Waals surface area (Å²) in [5.41, 5.74) is 4.71. The van der Waals surface area contributed by atoms with Crippen molar-refractivity contribution in [1.29, 1.82) is 0 Å². The predicted molar refractivity (Wildman–Crippen MR) is 163 cm³/mol. The minimum atomic E-state index is -0.296. The molecule has 0 bridgehead atoms. The van der Waals surface area contributed by atoms with Crippen LogP contribution in [0.4, 0.5) is 28.4 Å². The quantitative estimate of drug-likeness (QED) is 0.183. The summed E-state index contributed by atoms with van der Waals surface area (Å²) in [5, 5.41) is 12.6. The molecule has 6 aromatic rings. The van der Waals surface area contributed by atoms with Crippen LogP contribution in [0, 0.1) is 13.8 Å². The van der Waals surface area contributed by atoms with E-state index in [0.717, 1.165) is 23.2 Å². The predicted octanol–water partition coefficient (Wildman–Crippen LogP) is 7.47. The largest absolute Gasteiger partial charge is 0.341 e. The molecule has 6 rings (SSSR count). The molecular formula is C29H25ClN8OS. The summed E-state index contributed by atoms with van der Waals surface area (Å²) in [6.45, 7) is 6.72. The maximum atomic E-state index is 12.8. The second-order valence-corrected chi connectivity index (χ2v) is 10.6. The van der Waals surface area contributed by atoms with Crippen molar-refractivity contribution >= 4 is 79.1 Å². The van der Waals surface area contributed by atoms with Gasteiger partial charge in [-0.3, -0.25) is 10.1 Å². The van der Waals surface area contributed by atoms with Crippen LogP contribution in [0.1, 0.15) is 28.0 Å². The maximum absolute atomic E-state index is 12.8. The molecule has 3 N–H and O–H groups in total. The fourth-order valence-corrected chi connectivity index (χ4v) is 5.67. The van der Waals surface area contributed by atoms with Crippen molar-refractivity contribution in [3.05, 3.63) is 88.1 Å². The third-order valence-electron chi connectivity index (χ3n) is 6.50. The normalized spacial score (nSPS) is 11.2. The van der Waals surface area contributed by atoms with Gasteiger partial charge in [-0.1, -0.05) is 53.3 Å². The number of halogens is 1. The number of nitrogens with one attached hydrogen (secondary N) is 3. The third-order valence-corrected chi connectivity index (χ3v) is 7.73. The van der Waals surface area contributed by atoms with Crippen LogP contribution in [-0.4, -0.2) is 30.4 Å². The SMILES string of the molecule is CCn1c2ccccc2c2cc(Nc3nc(C)nc(Nc4ncc(C(=O)Nc5c(C)cccc5Cl)s4)n3)ccc21. The molecule has 40 heavy (non-hydrogen) atoms. The van der Waals surface area contributed by atoms with Gasteiger partial charge in [0.05, 0.1) is 16.9 Å². The molecule has 0 atom stereocenters. The average Bonchev–Trinajstić information content (AvgIpc) is 3.52. The zero-order valence-electron chi connectivity index (χ0n) is 22.0. The standard InChI is InChI=1S/C29H25ClN8OS/c1-4-38-22-11-6-5-9-19(22)20-14-18(12-13-23(20)38)34-27-32-17(3)33-28(36-27)37-29-31-15-24(40-29)26(39)35-25-16(2)8-7-10-21(25)30/h5-15H,4H2,1-3H3,(H,35,39)(H2,31,32,33,34,36,37). The van der Waals surface area contributed by atoms with E-state index in [1.165, 1.54) is 34.0 Å². The number of para-hydroxylation sites is 2. The Kier molecular flexibility index (Phi) is 6.79. The van der Waals surface area contributed by atoms with Gasteiger partial charge in [0, 0.05) is 34.0 Å². The molecule has 11 heteroatoms. The smallest absolute Gasteiger partial charge is 0.267 e. The van der Waals surface area contributed by atoms with E-state index in [1.54, 1.807) is 13.0 Å². The topological polar surface area (TPSA) is 110 Å². The first-order chi connectivity index (χ1) is 19.4. The van der Waals surface area contributed by atoms with Crippen LogP contribution in [0.25, 0.3) is 21.8 Å². The molecule has 3 aromatic carbocycles. The second kappa shape index (κ2) is 10.6. The number of aryl methyl sites for hydroxylation is 3. The van der Waals surface area contributed by atoms with Gasteiger partial charge in [-0.05, 0) is 56.7 Å². The Bertz CT molecular complexity index is 1880. The maximum Gasteiger partial charge on any atom is 0.267 e. The number of amides is 1. The summed E-state index contributed by atoms with van der Waals surface area (Å²) < 4.78 is 2.31. The Labute approximate surface area is 239 Å². The van der Waals surface area contributed by atoms with Crippen molar-refractivity contribution < 1.29 is 4.79 Å². The summed E-state index contributed by atoms with van der Waals surface area (Å²) >= 11 is 7.44. The van der Waals surface area contributed by atoms with Crippen molar-refractivity contribution in [2.24, 2.45) is 0 Å². The third kappa shape index (κ3) is 4.94. The Hall–Kier alpha value is -4.54. The highest BCUT2D eigenvalue weighted by Crippen LogP contribution is 2.32. The van der Waals surface area contributed by atoms with E-state index in [1.807, 2.05) is 25.1 Å². The van der Waals surface area contributed by atoms with Gasteiger partial charge in [0.2, 0.25) is 11.9 Å². The van der Waals surface area contributed by atoms with Crippen molar-refractivity contribution in [2.45, 2.75) is 27.3 Å². The van der Waals surface area contributed by atoms with Crippen LogP contribution >= 0.6 is 22.9 Å². The minimum absolute atomic E-state index is 0.296. The van der Waals surface area contributed by atoms with Gasteiger partial charge < -0.3 is 15.2 Å². The number of rotatable bonds is 7. The molecule has 0 aliphatic rings. The molecule has 0 saturated heterocycles. The minimum Gasteiger partial charge on any atom is -0.341 e. The van der Waals surface area contributed by atoms with E-state index in [2.05, 4.69) is 83.8 Å². The van der Waals surface area contributed by atoms with E-state index in [0.29, 0.717) is 38.4 Å². The van der Waals surface area contributed by atoms with Gasteiger partial charge in [-0.25, -0.2) is 4.98 Å². The van der Waals surface area contributed by atoms with Crippen molar-refractivity contribution in [3.63, 3.8) is 0 Å². The van der Waals surface area contributed by atoms with Crippen LogP contribution in [0.5, 0.6) is 0 Å². The first-order valence-electron chi connectivity index (χ1n) is 12.7. The molecule has 1 amide bonds. The first-order valence-corrected chi connectivity index (χ1v) is 13.9. The molecule has 200 valence electrons. The molecule has 9 nitrogen and oxygen atoms in total. The van der Waals surface area contributed by atoms with Gasteiger partial charge in [-0.15, -0.1) is 0 Å². The van der Waals surface area contributed by atoms with E-state index < -0.39 is 0 Å². The molecule has 0 saturated carbocycles. The molecule has 0 aliphatic heterocycles. The summed E-state index contributed by atoms with van der Waals surface area (Å²) in [4.78, 5) is 30.9. The molecule has 0 fully saturated rings. The zero-order chi connectivity index (χ0) is 27.8. The number of benzene rings is 3. The lowest BCUT2D eigenvalue weighted by Gasteiger charge is -2.09. The second-order valence-electron chi connectivity index (χ2n) is 9.19. The number of carbonyl (C=O) groups excluding carboxylic acids is 1. The summed E-state index contributed by atoms with van der Waals surface area (Å²) in [6, 6.07) is 20.1. The number of hydrogen-bond acceptors (Lipinski definition) is 8. The number of carbonyl (C=O) groups is 1. The van der Waals surface area contributed by atoms with Gasteiger partial charge >= 0.3 is 0 Å². The molecule has 3 aromatic heterocycles. The molecule has 0 radical (unpaired) electrons. The van der Waals surface area contributed by atoms with Crippen molar-refractivity contribution in [2.75, 3.05) is 16.0 Å². The lowest BCUT2D eigenvalue weighted by molar-refractivity contribution is 0.103. The van der Waals surface area contributed by atoms with E-state index in [4.69, 9.17) is 11.6 Å². The summed E-state index contributed by atoms with van der Waals surface area (Å²) in [5.74, 6) is 0.961. The Morgan fingerprint density at radius 2 is 1.70 bits per heavy atom. The molecule has 0 unspecified atom stereocenters. The zero-order valence-corrected chi connectivity index (χ0v) is 23.6. The number of aromatic nitrogens is 5. The fraction of sp³-hybridized carbons (Fsp3) is 0.138. The number of anilines is 5. The van der Waals surface area contributed by atoms with Crippen LogP contribution in [0.15, 0.2) is 66.9 Å². The van der Waals surface area contributed by atoms with E-state index in [9.17, 15) is 4.79 Å². The van der Waals surface area contributed by atoms with E-state index >= 15 is 0 Å². The summed E-state index contributed by atoms with van der Waals surface area (Å²) in [6.07, 6.45) is 1.50. The molecule has 0 spiro atoms. The number of nitrogens with zero attached hydrogens (tertiary/aromatic N) is 5. The van der Waals surface area contributed by atoms with Gasteiger partial charge in [0.15, 0.2) is 5.13 Å². The van der Waals surface area contributed by atoms with Crippen LogP contribution < -0.4 is 16.0 Å². The van der Waals surface area contributed by atoms with Crippen LogP contribution in [0.3, 0.4) is 0 Å². The average molecular weight is 569 g/mol. The lowest BCUT2D eigenvalue weighted by atomic mass is 10.1. The van der Waals surface area contributed by atoms with Gasteiger partial charge in [-0.2, -0.15) is 15.0 Å². The highest BCUT2D eigenvalue weighted by atomic mass is 35.5. The van der Waals surface area contributed by atoms with Crippen LogP contribution in [-0.2, 0) is 6.54 Å². The summed E-state index contributed by atoms with van der Waals surface area (Å²) in [7, 11) is 0. The fourth-order valence-electron chi connectivity index (χ4n) is 4.69. The highest BCUT2D eigenvalue weighted by Gasteiger charge is 2.15.